The Bertz CT molecular complexity index is 821. The summed E-state index contributed by atoms with van der Waals surface area (Å²) in [6.45, 7) is 5.46. The Kier molecular flexibility index (Phi) is 6.88. The molecule has 0 spiro atoms. The minimum atomic E-state index is -2.87. The summed E-state index contributed by atoms with van der Waals surface area (Å²) in [6, 6.07) is 8.55. The van der Waals surface area contributed by atoms with Crippen molar-refractivity contribution in [2.75, 3.05) is 6.54 Å². The van der Waals surface area contributed by atoms with Gasteiger partial charge in [-0.15, -0.1) is 0 Å². The number of carboxylic acids is 1. The van der Waals surface area contributed by atoms with Crippen molar-refractivity contribution in [1.82, 2.24) is 15.1 Å². The fourth-order valence-corrected chi connectivity index (χ4v) is 3.16. The van der Waals surface area contributed by atoms with Gasteiger partial charge >= 0.3 is 5.97 Å². The highest BCUT2D eigenvalue weighted by Crippen LogP contribution is 2.29. The SMILES string of the molecule is CCC(CNC(=O)c1cnn(CC(C)C)c1C(F)F)(C(=O)O)c1ccccc1. The number of carbonyl (C=O) groups is 2. The average Bonchev–Trinajstić information content (AvgIpc) is 3.06. The molecule has 0 aliphatic carbocycles. The second-order valence-corrected chi connectivity index (χ2v) is 7.11. The lowest BCUT2D eigenvalue weighted by molar-refractivity contribution is -0.143. The second kappa shape index (κ2) is 8.95. The minimum Gasteiger partial charge on any atom is -0.481 e. The van der Waals surface area contributed by atoms with E-state index in [1.807, 2.05) is 13.8 Å². The third-order valence-corrected chi connectivity index (χ3v) is 4.76. The molecule has 6 nitrogen and oxygen atoms in total. The Morgan fingerprint density at radius 1 is 1.25 bits per heavy atom. The fourth-order valence-electron chi connectivity index (χ4n) is 3.16. The lowest BCUT2D eigenvalue weighted by atomic mass is 9.78. The molecule has 1 heterocycles. The van der Waals surface area contributed by atoms with Crippen molar-refractivity contribution in [2.24, 2.45) is 5.92 Å². The van der Waals surface area contributed by atoms with Crippen molar-refractivity contribution in [3.63, 3.8) is 0 Å². The smallest absolute Gasteiger partial charge is 0.315 e. The Balaban J connectivity index is 2.29. The number of halogens is 2. The predicted molar refractivity (Wildman–Crippen MR) is 100 cm³/mol. The van der Waals surface area contributed by atoms with Gasteiger partial charge in [0, 0.05) is 13.1 Å². The monoisotopic (exact) mass is 393 g/mol. The predicted octanol–water partition coefficient (Wildman–Crippen LogP) is 3.64. The van der Waals surface area contributed by atoms with E-state index < -0.39 is 29.4 Å². The van der Waals surface area contributed by atoms with E-state index in [1.165, 1.54) is 0 Å². The van der Waals surface area contributed by atoms with E-state index in [-0.39, 0.29) is 31.0 Å². The maximum absolute atomic E-state index is 13.5. The Morgan fingerprint density at radius 2 is 1.89 bits per heavy atom. The summed E-state index contributed by atoms with van der Waals surface area (Å²) in [5, 5.41) is 16.3. The summed E-state index contributed by atoms with van der Waals surface area (Å²) >= 11 is 0. The molecular formula is C20H25F2N3O3. The van der Waals surface area contributed by atoms with Crippen molar-refractivity contribution >= 4 is 11.9 Å². The third kappa shape index (κ3) is 4.37. The van der Waals surface area contributed by atoms with Gasteiger partial charge in [0.25, 0.3) is 12.3 Å². The number of nitrogens with one attached hydrogen (secondary N) is 1. The van der Waals surface area contributed by atoms with Gasteiger partial charge in [0.05, 0.1) is 11.8 Å². The van der Waals surface area contributed by atoms with Crippen LogP contribution in [0.5, 0.6) is 0 Å². The summed E-state index contributed by atoms with van der Waals surface area (Å²) in [4.78, 5) is 24.6. The van der Waals surface area contributed by atoms with E-state index in [9.17, 15) is 23.5 Å². The van der Waals surface area contributed by atoms with Crippen LogP contribution < -0.4 is 5.32 Å². The zero-order chi connectivity index (χ0) is 20.9. The zero-order valence-corrected chi connectivity index (χ0v) is 16.2. The number of carboxylic acid groups (broad SMARTS) is 1. The number of hydrogen-bond donors (Lipinski definition) is 2. The number of aliphatic carboxylic acids is 1. The maximum Gasteiger partial charge on any atom is 0.315 e. The number of nitrogens with zero attached hydrogens (tertiary/aromatic N) is 2. The van der Waals surface area contributed by atoms with Gasteiger partial charge in [-0.25, -0.2) is 8.78 Å². The lowest BCUT2D eigenvalue weighted by Gasteiger charge is -2.29. The average molecular weight is 393 g/mol. The number of amides is 1. The fraction of sp³-hybridized carbons (Fsp3) is 0.450. The zero-order valence-electron chi connectivity index (χ0n) is 16.2. The molecule has 1 atom stereocenters. The van der Waals surface area contributed by atoms with E-state index in [4.69, 9.17) is 0 Å². The van der Waals surface area contributed by atoms with Crippen molar-refractivity contribution in [2.45, 2.75) is 45.6 Å². The minimum absolute atomic E-state index is 0.0751. The molecular weight excluding hydrogens is 368 g/mol. The molecule has 152 valence electrons. The van der Waals surface area contributed by atoms with E-state index in [1.54, 1.807) is 37.3 Å². The van der Waals surface area contributed by atoms with Crippen LogP contribution in [0.25, 0.3) is 0 Å². The van der Waals surface area contributed by atoms with Crippen LogP contribution in [0.1, 0.15) is 55.2 Å². The molecule has 8 heteroatoms. The van der Waals surface area contributed by atoms with Gasteiger partial charge in [-0.1, -0.05) is 51.1 Å². The first kappa shape index (κ1) is 21.5. The highest BCUT2D eigenvalue weighted by molar-refractivity contribution is 5.96. The van der Waals surface area contributed by atoms with Crippen LogP contribution in [-0.4, -0.2) is 33.3 Å². The molecule has 1 unspecified atom stereocenters. The number of aromatic nitrogens is 2. The van der Waals surface area contributed by atoms with E-state index >= 15 is 0 Å². The quantitative estimate of drug-likeness (QED) is 0.681. The first-order chi connectivity index (χ1) is 13.2. The number of benzene rings is 1. The molecule has 1 aromatic heterocycles. The van der Waals surface area contributed by atoms with Crippen LogP contribution in [-0.2, 0) is 16.8 Å². The first-order valence-electron chi connectivity index (χ1n) is 9.14. The van der Waals surface area contributed by atoms with Crippen molar-refractivity contribution in [1.29, 1.82) is 0 Å². The molecule has 0 saturated carbocycles. The number of hydrogen-bond acceptors (Lipinski definition) is 3. The van der Waals surface area contributed by atoms with Gasteiger partial charge in [0.15, 0.2) is 0 Å². The largest absolute Gasteiger partial charge is 0.481 e. The van der Waals surface area contributed by atoms with Crippen LogP contribution in [0, 0.1) is 5.92 Å². The van der Waals surface area contributed by atoms with Crippen LogP contribution in [0.4, 0.5) is 8.78 Å². The molecule has 0 bridgehead atoms. The Labute approximate surface area is 162 Å². The second-order valence-electron chi connectivity index (χ2n) is 7.11. The van der Waals surface area contributed by atoms with Crippen LogP contribution in [0.2, 0.25) is 0 Å². The molecule has 1 amide bonds. The van der Waals surface area contributed by atoms with E-state index in [2.05, 4.69) is 10.4 Å². The summed E-state index contributed by atoms with van der Waals surface area (Å²) in [7, 11) is 0. The molecule has 2 N–H and O–H groups in total. The number of alkyl halides is 2. The Morgan fingerprint density at radius 3 is 2.39 bits per heavy atom. The van der Waals surface area contributed by atoms with Gasteiger partial charge in [0.1, 0.15) is 11.1 Å². The van der Waals surface area contributed by atoms with Crippen molar-refractivity contribution < 1.29 is 23.5 Å². The molecule has 28 heavy (non-hydrogen) atoms. The van der Waals surface area contributed by atoms with Crippen molar-refractivity contribution in [3.8, 4) is 0 Å². The highest BCUT2D eigenvalue weighted by atomic mass is 19.3. The standard InChI is InChI=1S/C20H25F2N3O3/c1-4-20(19(27)28,14-8-6-5-7-9-14)12-23-18(26)15-10-24-25(11-13(2)3)16(15)17(21)22/h5-10,13,17H,4,11-12H2,1-3H3,(H,23,26)(H,27,28). The van der Waals surface area contributed by atoms with Crippen LogP contribution in [0.15, 0.2) is 36.5 Å². The number of carbonyl (C=O) groups excluding carboxylic acids is 1. The van der Waals surface area contributed by atoms with Crippen LogP contribution >= 0.6 is 0 Å². The van der Waals surface area contributed by atoms with Gasteiger partial charge < -0.3 is 10.4 Å². The molecule has 0 radical (unpaired) electrons. The summed E-state index contributed by atoms with van der Waals surface area (Å²) < 4.78 is 28.2. The molecule has 0 saturated heterocycles. The van der Waals surface area contributed by atoms with Crippen LogP contribution in [0.3, 0.4) is 0 Å². The third-order valence-electron chi connectivity index (χ3n) is 4.76. The first-order valence-corrected chi connectivity index (χ1v) is 9.14. The molecule has 0 aliphatic heterocycles. The van der Waals surface area contributed by atoms with Gasteiger partial charge in [-0.3, -0.25) is 14.3 Å². The topological polar surface area (TPSA) is 84.2 Å². The van der Waals surface area contributed by atoms with E-state index in [0.29, 0.717) is 5.56 Å². The molecule has 0 aliphatic rings. The van der Waals surface area contributed by atoms with Gasteiger partial charge in [0.2, 0.25) is 0 Å². The summed E-state index contributed by atoms with van der Waals surface area (Å²) in [5.74, 6) is -1.78. The maximum atomic E-state index is 13.5. The van der Waals surface area contributed by atoms with Crippen molar-refractivity contribution in [3.05, 3.63) is 53.3 Å². The summed E-state index contributed by atoms with van der Waals surface area (Å²) in [5.41, 5.74) is -1.51. The molecule has 2 rings (SSSR count). The van der Waals surface area contributed by atoms with E-state index in [0.717, 1.165) is 10.9 Å². The number of rotatable bonds is 9. The van der Waals surface area contributed by atoms with Gasteiger partial charge in [-0.2, -0.15) is 5.10 Å². The molecule has 0 fully saturated rings. The molecule has 1 aromatic carbocycles. The lowest BCUT2D eigenvalue weighted by Crippen LogP contribution is -2.46. The normalized spacial score (nSPS) is 13.5. The summed E-state index contributed by atoms with van der Waals surface area (Å²) in [6.07, 6.45) is -1.54. The Hall–Kier alpha value is -2.77. The van der Waals surface area contributed by atoms with Gasteiger partial charge in [-0.05, 0) is 17.9 Å². The molecule has 2 aromatic rings. The highest BCUT2D eigenvalue weighted by Gasteiger charge is 2.39.